The number of aliphatic hydroxyl groups is 1. The van der Waals surface area contributed by atoms with Crippen molar-refractivity contribution in [2.45, 2.75) is 115 Å². The standard InChI is InChI=1S/C26H43FN2O7/c1-3-4-5-6-7-8-9-10-11-12-13-14-22(32)35-17-20(31)23(27)25-24(29-18(2)30)19(16-28)15-21(36-25)26(33)34/h15-16,19-20,23-25,28,31H,3-14,17H2,1-2H3,(H,29,30)(H,33,34). The van der Waals surface area contributed by atoms with Crippen LogP contribution in [0.5, 0.6) is 0 Å². The number of nitrogens with one attached hydrogen (secondary N) is 2. The van der Waals surface area contributed by atoms with Crippen LogP contribution >= 0.6 is 0 Å². The van der Waals surface area contributed by atoms with Crippen LogP contribution in [0.15, 0.2) is 11.8 Å². The van der Waals surface area contributed by atoms with Crippen LogP contribution in [0.2, 0.25) is 0 Å². The first-order chi connectivity index (χ1) is 17.2. The summed E-state index contributed by atoms with van der Waals surface area (Å²) in [6.45, 7) is 2.76. The van der Waals surface area contributed by atoms with E-state index in [1.807, 2.05) is 0 Å². The fourth-order valence-corrected chi connectivity index (χ4v) is 4.20. The lowest BCUT2D eigenvalue weighted by molar-refractivity contribution is -0.151. The molecular weight excluding hydrogens is 471 g/mol. The summed E-state index contributed by atoms with van der Waals surface area (Å²) in [5.41, 5.74) is 0. The number of carbonyl (C=O) groups excluding carboxylic acids is 2. The number of ether oxygens (including phenoxy) is 2. The number of unbranched alkanes of at least 4 members (excludes halogenated alkanes) is 10. The summed E-state index contributed by atoms with van der Waals surface area (Å²) in [6, 6.07) is -1.11. The van der Waals surface area contributed by atoms with E-state index in [9.17, 15) is 24.6 Å². The topological polar surface area (TPSA) is 146 Å². The molecule has 0 spiro atoms. The van der Waals surface area contributed by atoms with Crippen molar-refractivity contribution < 1.29 is 38.5 Å². The van der Waals surface area contributed by atoms with Crippen molar-refractivity contribution in [1.82, 2.24) is 5.32 Å². The highest BCUT2D eigenvalue weighted by atomic mass is 19.1. The Balaban J connectivity index is 2.39. The average Bonchev–Trinajstić information content (AvgIpc) is 2.84. The lowest BCUT2D eigenvalue weighted by Gasteiger charge is -2.37. The number of carboxylic acid groups (broad SMARTS) is 1. The quantitative estimate of drug-likeness (QED) is 0.115. The van der Waals surface area contributed by atoms with E-state index in [4.69, 9.17) is 14.9 Å². The molecule has 1 heterocycles. The molecule has 1 aliphatic rings. The first-order valence-electron chi connectivity index (χ1n) is 13.1. The Labute approximate surface area is 213 Å². The number of carbonyl (C=O) groups is 3. The minimum atomic E-state index is -2.18. The molecule has 36 heavy (non-hydrogen) atoms. The second kappa shape index (κ2) is 17.9. The SMILES string of the molecule is CCCCCCCCCCCCCC(=O)OCC(O)C(F)C1OC(C(=O)O)=CC(C=N)C1NC(C)=O. The Morgan fingerprint density at radius 3 is 2.17 bits per heavy atom. The molecule has 1 amide bonds. The molecule has 4 N–H and O–H groups in total. The van der Waals surface area contributed by atoms with Gasteiger partial charge in [-0.2, -0.15) is 0 Å². The van der Waals surface area contributed by atoms with Gasteiger partial charge < -0.3 is 30.4 Å². The highest BCUT2D eigenvalue weighted by Gasteiger charge is 2.44. The molecular formula is C26H43FN2O7. The zero-order chi connectivity index (χ0) is 26.9. The minimum Gasteiger partial charge on any atom is -0.478 e. The van der Waals surface area contributed by atoms with Gasteiger partial charge in [0.25, 0.3) is 0 Å². The zero-order valence-electron chi connectivity index (χ0n) is 21.5. The van der Waals surface area contributed by atoms with Gasteiger partial charge in [-0.15, -0.1) is 0 Å². The van der Waals surface area contributed by atoms with E-state index in [0.717, 1.165) is 31.6 Å². The summed E-state index contributed by atoms with van der Waals surface area (Å²) in [5.74, 6) is -4.09. The van der Waals surface area contributed by atoms with Crippen LogP contribution in [0.4, 0.5) is 4.39 Å². The number of carboxylic acids is 1. The maximum Gasteiger partial charge on any atom is 0.370 e. The highest BCUT2D eigenvalue weighted by Crippen LogP contribution is 2.27. The fraction of sp³-hybridized carbons (Fsp3) is 0.769. The molecule has 0 saturated heterocycles. The molecule has 9 nitrogen and oxygen atoms in total. The second-order valence-electron chi connectivity index (χ2n) is 9.37. The number of halogens is 1. The summed E-state index contributed by atoms with van der Waals surface area (Å²) >= 11 is 0. The molecule has 5 unspecified atom stereocenters. The lowest BCUT2D eigenvalue weighted by atomic mass is 9.88. The molecule has 1 aliphatic heterocycles. The predicted molar refractivity (Wildman–Crippen MR) is 133 cm³/mol. The number of hydrogen-bond acceptors (Lipinski definition) is 7. The van der Waals surface area contributed by atoms with Crippen LogP contribution in [0.3, 0.4) is 0 Å². The maximum atomic E-state index is 15.1. The normalized spacial score (nSPS) is 21.0. The maximum absolute atomic E-state index is 15.1. The van der Waals surface area contributed by atoms with E-state index < -0.39 is 60.6 Å². The minimum absolute atomic E-state index is 0.164. The van der Waals surface area contributed by atoms with Gasteiger partial charge in [0.15, 0.2) is 12.3 Å². The number of rotatable bonds is 19. The van der Waals surface area contributed by atoms with E-state index in [1.165, 1.54) is 51.9 Å². The smallest absolute Gasteiger partial charge is 0.370 e. The monoisotopic (exact) mass is 514 g/mol. The molecule has 0 bridgehead atoms. The van der Waals surface area contributed by atoms with E-state index in [0.29, 0.717) is 6.42 Å². The third-order valence-electron chi connectivity index (χ3n) is 6.23. The Morgan fingerprint density at radius 1 is 1.11 bits per heavy atom. The summed E-state index contributed by atoms with van der Waals surface area (Å²) in [5, 5.41) is 29.4. The van der Waals surface area contributed by atoms with Gasteiger partial charge >= 0.3 is 11.9 Å². The third kappa shape index (κ3) is 12.0. The molecule has 206 valence electrons. The Kier molecular flexibility index (Phi) is 15.6. The van der Waals surface area contributed by atoms with Crippen LogP contribution < -0.4 is 5.32 Å². The largest absolute Gasteiger partial charge is 0.478 e. The lowest BCUT2D eigenvalue weighted by Crippen LogP contribution is -2.57. The fourth-order valence-electron chi connectivity index (χ4n) is 4.20. The third-order valence-corrected chi connectivity index (χ3v) is 6.23. The molecule has 0 aromatic rings. The first kappa shape index (κ1) is 31.5. The van der Waals surface area contributed by atoms with E-state index >= 15 is 4.39 Å². The summed E-state index contributed by atoms with van der Waals surface area (Å²) in [4.78, 5) is 34.9. The van der Waals surface area contributed by atoms with Crippen LogP contribution in [0.25, 0.3) is 0 Å². The van der Waals surface area contributed by atoms with Crippen molar-refractivity contribution in [3.63, 3.8) is 0 Å². The highest BCUT2D eigenvalue weighted by molar-refractivity contribution is 5.86. The Morgan fingerprint density at radius 2 is 1.67 bits per heavy atom. The van der Waals surface area contributed by atoms with Gasteiger partial charge in [-0.3, -0.25) is 9.59 Å². The van der Waals surface area contributed by atoms with Crippen molar-refractivity contribution >= 4 is 24.1 Å². The molecule has 5 atom stereocenters. The molecule has 0 saturated carbocycles. The van der Waals surface area contributed by atoms with Crippen molar-refractivity contribution in [1.29, 1.82) is 5.41 Å². The summed E-state index contributed by atoms with van der Waals surface area (Å²) < 4.78 is 25.3. The van der Waals surface area contributed by atoms with Gasteiger partial charge in [-0.05, 0) is 12.5 Å². The van der Waals surface area contributed by atoms with Crippen LogP contribution in [-0.2, 0) is 23.9 Å². The molecule has 0 radical (unpaired) electrons. The van der Waals surface area contributed by atoms with E-state index in [-0.39, 0.29) is 6.42 Å². The van der Waals surface area contributed by atoms with E-state index in [1.54, 1.807) is 0 Å². The number of aliphatic carboxylic acids is 1. The zero-order valence-corrected chi connectivity index (χ0v) is 21.5. The number of hydrogen-bond donors (Lipinski definition) is 4. The molecule has 0 fully saturated rings. The molecule has 0 aromatic heterocycles. The van der Waals surface area contributed by atoms with Gasteiger partial charge in [-0.1, -0.05) is 71.1 Å². The second-order valence-corrected chi connectivity index (χ2v) is 9.37. The number of esters is 1. The molecule has 0 aromatic carbocycles. The van der Waals surface area contributed by atoms with Crippen LogP contribution in [0, 0.1) is 11.3 Å². The average molecular weight is 515 g/mol. The van der Waals surface area contributed by atoms with Crippen molar-refractivity contribution in [2.75, 3.05) is 6.61 Å². The van der Waals surface area contributed by atoms with Crippen molar-refractivity contribution in [3.05, 3.63) is 11.8 Å². The molecule has 1 rings (SSSR count). The van der Waals surface area contributed by atoms with Gasteiger partial charge in [-0.25, -0.2) is 9.18 Å². The Bertz CT molecular complexity index is 731. The predicted octanol–water partition coefficient (Wildman–Crippen LogP) is 4.07. The number of aliphatic hydroxyl groups excluding tert-OH is 1. The summed E-state index contributed by atoms with van der Waals surface area (Å²) in [7, 11) is 0. The number of amides is 1. The number of alkyl halides is 1. The van der Waals surface area contributed by atoms with E-state index in [2.05, 4.69) is 12.2 Å². The van der Waals surface area contributed by atoms with Gasteiger partial charge in [0.05, 0.1) is 6.04 Å². The Hall–Kier alpha value is -2.49. The molecule has 0 aliphatic carbocycles. The van der Waals surface area contributed by atoms with Gasteiger partial charge in [0, 0.05) is 25.5 Å². The van der Waals surface area contributed by atoms with Crippen LogP contribution in [-0.4, -0.2) is 65.3 Å². The molecule has 10 heteroatoms. The summed E-state index contributed by atoms with van der Waals surface area (Å²) in [6.07, 6.45) is 9.15. The van der Waals surface area contributed by atoms with Crippen molar-refractivity contribution in [2.24, 2.45) is 5.92 Å². The van der Waals surface area contributed by atoms with Crippen molar-refractivity contribution in [3.8, 4) is 0 Å². The first-order valence-corrected chi connectivity index (χ1v) is 13.1. The van der Waals surface area contributed by atoms with Gasteiger partial charge in [0.2, 0.25) is 11.7 Å². The van der Waals surface area contributed by atoms with Gasteiger partial charge in [0.1, 0.15) is 12.7 Å². The van der Waals surface area contributed by atoms with Crippen LogP contribution in [0.1, 0.15) is 90.9 Å².